The number of benzene rings is 1. The van der Waals surface area contributed by atoms with Crippen LogP contribution in [0.1, 0.15) is 24.1 Å². The number of nitrogens with zero attached hydrogens (tertiary/aromatic N) is 2. The van der Waals surface area contributed by atoms with Gasteiger partial charge in [0.05, 0.1) is 30.3 Å². The molecule has 1 aromatic carbocycles. The molecule has 5 heteroatoms. The van der Waals surface area contributed by atoms with Crippen molar-refractivity contribution in [2.24, 2.45) is 4.99 Å². The van der Waals surface area contributed by atoms with Crippen molar-refractivity contribution in [3.8, 4) is 11.5 Å². The highest BCUT2D eigenvalue weighted by atomic mass is 32.1. The molecule has 1 unspecified atom stereocenters. The SMILES string of the molecule is COCC(C)n1c(-c2ccco2)csc1=Nc1ccc(C)c(C)c1. The molecule has 3 rings (SSSR count). The van der Waals surface area contributed by atoms with Crippen LogP contribution >= 0.6 is 11.3 Å². The molecule has 0 saturated carbocycles. The van der Waals surface area contributed by atoms with Crippen molar-refractivity contribution < 1.29 is 9.15 Å². The van der Waals surface area contributed by atoms with Crippen molar-refractivity contribution in [1.82, 2.24) is 4.57 Å². The second-order valence-electron chi connectivity index (χ2n) is 5.94. The lowest BCUT2D eigenvalue weighted by Crippen LogP contribution is -2.22. The summed E-state index contributed by atoms with van der Waals surface area (Å²) in [4.78, 5) is 5.80. The summed E-state index contributed by atoms with van der Waals surface area (Å²) in [6, 6.07) is 10.3. The molecule has 0 aliphatic heterocycles. The van der Waals surface area contributed by atoms with Gasteiger partial charge < -0.3 is 13.7 Å². The number of ether oxygens (including phenoxy) is 1. The van der Waals surface area contributed by atoms with Gasteiger partial charge in [0.1, 0.15) is 0 Å². The van der Waals surface area contributed by atoms with E-state index in [1.807, 2.05) is 12.1 Å². The molecule has 4 nitrogen and oxygen atoms in total. The first-order valence-electron chi connectivity index (χ1n) is 7.95. The molecule has 0 aliphatic carbocycles. The van der Waals surface area contributed by atoms with Gasteiger partial charge in [0.25, 0.3) is 0 Å². The van der Waals surface area contributed by atoms with E-state index in [0.717, 1.165) is 21.9 Å². The first kappa shape index (κ1) is 16.7. The third-order valence-corrected chi connectivity index (χ3v) is 4.92. The molecule has 0 saturated heterocycles. The van der Waals surface area contributed by atoms with Gasteiger partial charge in [-0.25, -0.2) is 4.99 Å². The van der Waals surface area contributed by atoms with Crippen LogP contribution in [0.2, 0.25) is 0 Å². The predicted octanol–water partition coefficient (Wildman–Crippen LogP) is 4.87. The Morgan fingerprint density at radius 3 is 2.75 bits per heavy atom. The van der Waals surface area contributed by atoms with Gasteiger partial charge in [0, 0.05) is 12.5 Å². The Balaban J connectivity index is 2.13. The van der Waals surface area contributed by atoms with Crippen LogP contribution in [0.25, 0.3) is 11.5 Å². The second kappa shape index (κ2) is 7.20. The highest BCUT2D eigenvalue weighted by Crippen LogP contribution is 2.25. The maximum atomic E-state index is 5.59. The highest BCUT2D eigenvalue weighted by molar-refractivity contribution is 7.07. The largest absolute Gasteiger partial charge is 0.463 e. The standard InChI is InChI=1S/C19H22N2O2S/c1-13-7-8-16(10-14(13)2)20-19-21(15(3)11-22-4)17(12-24-19)18-6-5-9-23-18/h5-10,12,15H,11H2,1-4H3. The first-order chi connectivity index (χ1) is 11.6. The Morgan fingerprint density at radius 1 is 1.25 bits per heavy atom. The van der Waals surface area contributed by atoms with Gasteiger partial charge in [0.15, 0.2) is 10.6 Å². The summed E-state index contributed by atoms with van der Waals surface area (Å²) in [5.41, 5.74) is 4.51. The molecule has 1 atom stereocenters. The van der Waals surface area contributed by atoms with E-state index in [4.69, 9.17) is 14.1 Å². The Kier molecular flexibility index (Phi) is 5.02. The monoisotopic (exact) mass is 342 g/mol. The Bertz CT molecular complexity index is 875. The zero-order valence-corrected chi connectivity index (χ0v) is 15.3. The minimum Gasteiger partial charge on any atom is -0.463 e. The van der Waals surface area contributed by atoms with Crippen molar-refractivity contribution in [1.29, 1.82) is 0 Å². The van der Waals surface area contributed by atoms with Crippen LogP contribution in [0.15, 0.2) is 51.4 Å². The number of hydrogen-bond acceptors (Lipinski definition) is 4. The molecule has 0 fully saturated rings. The first-order valence-corrected chi connectivity index (χ1v) is 8.83. The molecule has 0 aliphatic rings. The molecule has 2 heterocycles. The highest BCUT2D eigenvalue weighted by Gasteiger charge is 2.15. The lowest BCUT2D eigenvalue weighted by Gasteiger charge is -2.15. The van der Waals surface area contributed by atoms with E-state index < -0.39 is 0 Å². The zero-order valence-electron chi connectivity index (χ0n) is 14.4. The summed E-state index contributed by atoms with van der Waals surface area (Å²) in [5.74, 6) is 0.843. The molecule has 0 spiro atoms. The van der Waals surface area contributed by atoms with Gasteiger partial charge in [0.2, 0.25) is 0 Å². The van der Waals surface area contributed by atoms with E-state index >= 15 is 0 Å². The maximum absolute atomic E-state index is 5.59. The van der Waals surface area contributed by atoms with Crippen LogP contribution in [0.5, 0.6) is 0 Å². The molecule has 24 heavy (non-hydrogen) atoms. The second-order valence-corrected chi connectivity index (χ2v) is 6.77. The predicted molar refractivity (Wildman–Crippen MR) is 97.7 cm³/mol. The average Bonchev–Trinajstić information content (AvgIpc) is 3.20. The van der Waals surface area contributed by atoms with Crippen LogP contribution in [-0.2, 0) is 4.74 Å². The lowest BCUT2D eigenvalue weighted by atomic mass is 10.1. The number of aromatic nitrogens is 1. The van der Waals surface area contributed by atoms with Crippen molar-refractivity contribution in [2.75, 3.05) is 13.7 Å². The van der Waals surface area contributed by atoms with Crippen LogP contribution in [0, 0.1) is 13.8 Å². The topological polar surface area (TPSA) is 39.7 Å². The molecule has 0 radical (unpaired) electrons. The molecule has 0 bridgehead atoms. The molecule has 0 N–H and O–H groups in total. The van der Waals surface area contributed by atoms with E-state index in [1.54, 1.807) is 24.7 Å². The summed E-state index contributed by atoms with van der Waals surface area (Å²) in [6.45, 7) is 6.96. The summed E-state index contributed by atoms with van der Waals surface area (Å²) in [7, 11) is 1.72. The van der Waals surface area contributed by atoms with Gasteiger partial charge in [-0.3, -0.25) is 0 Å². The van der Waals surface area contributed by atoms with Gasteiger partial charge >= 0.3 is 0 Å². The van der Waals surface area contributed by atoms with Crippen molar-refractivity contribution in [3.63, 3.8) is 0 Å². The molecule has 2 aromatic heterocycles. The molecule has 0 amide bonds. The summed E-state index contributed by atoms with van der Waals surface area (Å²) < 4.78 is 13.1. The van der Waals surface area contributed by atoms with Crippen molar-refractivity contribution >= 4 is 17.0 Å². The third kappa shape index (κ3) is 3.37. The van der Waals surface area contributed by atoms with Gasteiger partial charge in [-0.05, 0) is 56.2 Å². The smallest absolute Gasteiger partial charge is 0.190 e. The Labute approximate surface area is 146 Å². The number of hydrogen-bond donors (Lipinski definition) is 0. The minimum absolute atomic E-state index is 0.159. The summed E-state index contributed by atoms with van der Waals surface area (Å²) in [6.07, 6.45) is 1.69. The molecule has 3 aromatic rings. The van der Waals surface area contributed by atoms with E-state index in [9.17, 15) is 0 Å². The van der Waals surface area contributed by atoms with Crippen LogP contribution in [0.3, 0.4) is 0 Å². The van der Waals surface area contributed by atoms with Crippen LogP contribution in [0.4, 0.5) is 5.69 Å². The number of methoxy groups -OCH3 is 1. The number of thiazole rings is 1. The van der Waals surface area contributed by atoms with Crippen molar-refractivity contribution in [3.05, 3.63) is 57.9 Å². The number of rotatable bonds is 5. The Hall–Kier alpha value is -2.11. The fraction of sp³-hybridized carbons (Fsp3) is 0.316. The number of aryl methyl sites for hydroxylation is 2. The molecular formula is C19H22N2O2S. The normalized spacial score (nSPS) is 13.4. The van der Waals surface area contributed by atoms with E-state index in [-0.39, 0.29) is 6.04 Å². The van der Waals surface area contributed by atoms with Crippen molar-refractivity contribution in [2.45, 2.75) is 26.8 Å². The molecular weight excluding hydrogens is 320 g/mol. The minimum atomic E-state index is 0.159. The lowest BCUT2D eigenvalue weighted by molar-refractivity contribution is 0.161. The van der Waals surface area contributed by atoms with Crippen LogP contribution < -0.4 is 4.80 Å². The maximum Gasteiger partial charge on any atom is 0.190 e. The van der Waals surface area contributed by atoms with Gasteiger partial charge in [-0.15, -0.1) is 11.3 Å². The fourth-order valence-electron chi connectivity index (χ4n) is 2.65. The summed E-state index contributed by atoms with van der Waals surface area (Å²) >= 11 is 1.61. The third-order valence-electron chi connectivity index (χ3n) is 4.08. The molecule has 126 valence electrons. The zero-order chi connectivity index (χ0) is 17.1. The Morgan fingerprint density at radius 2 is 2.08 bits per heavy atom. The van der Waals surface area contributed by atoms with Gasteiger partial charge in [-0.2, -0.15) is 0 Å². The van der Waals surface area contributed by atoms with Gasteiger partial charge in [-0.1, -0.05) is 6.07 Å². The fourth-order valence-corrected chi connectivity index (χ4v) is 3.65. The van der Waals surface area contributed by atoms with E-state index in [0.29, 0.717) is 6.61 Å². The van der Waals surface area contributed by atoms with Crippen LogP contribution in [-0.4, -0.2) is 18.3 Å². The number of furan rings is 1. The quantitative estimate of drug-likeness (QED) is 0.664. The summed E-state index contributed by atoms with van der Waals surface area (Å²) in [5, 5.41) is 2.09. The van der Waals surface area contributed by atoms with E-state index in [2.05, 4.69) is 48.9 Å². The average molecular weight is 342 g/mol. The van der Waals surface area contributed by atoms with E-state index in [1.165, 1.54) is 11.1 Å².